The Bertz CT molecular complexity index is 1050. The van der Waals surface area contributed by atoms with E-state index in [1.807, 2.05) is 50.2 Å². The van der Waals surface area contributed by atoms with Crippen molar-refractivity contribution in [2.45, 2.75) is 33.2 Å². The minimum atomic E-state index is -0.353. The van der Waals surface area contributed by atoms with Gasteiger partial charge in [0.1, 0.15) is 5.75 Å². The summed E-state index contributed by atoms with van der Waals surface area (Å²) in [6, 6.07) is 11.8. The van der Waals surface area contributed by atoms with E-state index in [4.69, 9.17) is 4.74 Å². The van der Waals surface area contributed by atoms with Gasteiger partial charge in [0.25, 0.3) is 0 Å². The van der Waals surface area contributed by atoms with E-state index >= 15 is 0 Å². The van der Waals surface area contributed by atoms with Crippen molar-refractivity contribution in [1.29, 1.82) is 0 Å². The Hall–Kier alpha value is -2.31. The smallest absolute Gasteiger partial charge is 0.340 e. The summed E-state index contributed by atoms with van der Waals surface area (Å²) in [4.78, 5) is 15.3. The van der Waals surface area contributed by atoms with Crippen molar-refractivity contribution in [3.63, 3.8) is 0 Å². The molecule has 152 valence electrons. The lowest BCUT2D eigenvalue weighted by atomic mass is 10.0. The molecule has 29 heavy (non-hydrogen) atoms. The summed E-state index contributed by atoms with van der Waals surface area (Å²) >= 11 is 3.53. The second kappa shape index (κ2) is 8.20. The van der Waals surface area contributed by atoms with Crippen LogP contribution in [-0.4, -0.2) is 40.2 Å². The van der Waals surface area contributed by atoms with Crippen LogP contribution < -0.4 is 0 Å². The molecule has 1 aromatic heterocycles. The van der Waals surface area contributed by atoms with E-state index in [-0.39, 0.29) is 11.7 Å². The average molecular weight is 457 g/mol. The van der Waals surface area contributed by atoms with Crippen molar-refractivity contribution in [3.05, 3.63) is 57.7 Å². The number of likely N-dealkylation sites (tertiary alicyclic amines) is 1. The minimum Gasteiger partial charge on any atom is -0.506 e. The highest BCUT2D eigenvalue weighted by Crippen LogP contribution is 2.41. The lowest BCUT2D eigenvalue weighted by molar-refractivity contribution is 0.0527. The molecule has 2 aromatic carbocycles. The third kappa shape index (κ3) is 3.55. The van der Waals surface area contributed by atoms with Gasteiger partial charge in [0.05, 0.1) is 22.2 Å². The number of benzene rings is 2. The molecule has 1 N–H and O–H groups in total. The highest BCUT2D eigenvalue weighted by atomic mass is 79.9. The monoisotopic (exact) mass is 456 g/mol. The molecular weight excluding hydrogens is 432 g/mol. The first-order chi connectivity index (χ1) is 14.0. The second-order valence-electron chi connectivity index (χ2n) is 7.41. The summed E-state index contributed by atoms with van der Waals surface area (Å²) in [6.07, 6.45) is 2.32. The summed E-state index contributed by atoms with van der Waals surface area (Å²) in [5, 5.41) is 11.7. The quantitative estimate of drug-likeness (QED) is 0.537. The van der Waals surface area contributed by atoms with Gasteiger partial charge in [-0.2, -0.15) is 0 Å². The summed E-state index contributed by atoms with van der Waals surface area (Å²) in [5.41, 5.74) is 3.97. The number of para-hydroxylation sites is 1. The van der Waals surface area contributed by atoms with Crippen LogP contribution in [0.25, 0.3) is 16.6 Å². The third-order valence-corrected chi connectivity index (χ3v) is 6.20. The van der Waals surface area contributed by atoms with Gasteiger partial charge in [-0.3, -0.25) is 4.90 Å². The number of aromatic hydroxyl groups is 1. The number of ether oxygens (including phenoxy) is 1. The van der Waals surface area contributed by atoms with Gasteiger partial charge in [-0.25, -0.2) is 4.79 Å². The Morgan fingerprint density at radius 3 is 2.55 bits per heavy atom. The first kappa shape index (κ1) is 20.0. The number of phenols is 1. The van der Waals surface area contributed by atoms with E-state index in [9.17, 15) is 9.90 Å². The number of fused-ring (bicyclic) bond motifs is 1. The second-order valence-corrected chi connectivity index (χ2v) is 8.27. The molecule has 0 atom stereocenters. The molecule has 0 radical (unpaired) electrons. The third-order valence-electron chi connectivity index (χ3n) is 5.60. The van der Waals surface area contributed by atoms with Crippen molar-refractivity contribution in [1.82, 2.24) is 9.47 Å². The van der Waals surface area contributed by atoms with Crippen LogP contribution in [0.15, 0.2) is 40.9 Å². The van der Waals surface area contributed by atoms with Gasteiger partial charge >= 0.3 is 5.97 Å². The summed E-state index contributed by atoms with van der Waals surface area (Å²) in [7, 11) is 0. The molecule has 0 saturated carbocycles. The van der Waals surface area contributed by atoms with Crippen LogP contribution >= 0.6 is 15.9 Å². The van der Waals surface area contributed by atoms with Gasteiger partial charge < -0.3 is 14.4 Å². The molecule has 5 nitrogen and oxygen atoms in total. The molecule has 1 saturated heterocycles. The molecule has 4 rings (SSSR count). The number of rotatable bonds is 5. The Balaban J connectivity index is 2.03. The van der Waals surface area contributed by atoms with Crippen molar-refractivity contribution in [3.8, 4) is 11.4 Å². The van der Waals surface area contributed by atoms with Crippen LogP contribution in [-0.2, 0) is 11.3 Å². The highest BCUT2D eigenvalue weighted by Gasteiger charge is 2.28. The fourth-order valence-corrected chi connectivity index (χ4v) is 4.74. The van der Waals surface area contributed by atoms with E-state index in [0.717, 1.165) is 53.8 Å². The number of carbonyl (C=O) groups excluding carboxylic acids is 1. The lowest BCUT2D eigenvalue weighted by Crippen LogP contribution is -2.19. The highest BCUT2D eigenvalue weighted by molar-refractivity contribution is 9.10. The fraction of sp³-hybridized carbons (Fsp3) is 0.348. The first-order valence-electron chi connectivity index (χ1n) is 10.0. The molecule has 0 amide bonds. The van der Waals surface area contributed by atoms with Crippen LogP contribution in [0.1, 0.15) is 41.4 Å². The summed E-state index contributed by atoms with van der Waals surface area (Å²) in [5.74, 6) is -0.158. The van der Waals surface area contributed by atoms with Crippen molar-refractivity contribution in [2.75, 3.05) is 19.7 Å². The molecular formula is C23H25BrN2O3. The Kier molecular flexibility index (Phi) is 5.65. The van der Waals surface area contributed by atoms with Gasteiger partial charge in [0, 0.05) is 28.9 Å². The van der Waals surface area contributed by atoms with Crippen LogP contribution in [0.5, 0.6) is 5.75 Å². The van der Waals surface area contributed by atoms with Gasteiger partial charge in [0.15, 0.2) is 0 Å². The summed E-state index contributed by atoms with van der Waals surface area (Å²) < 4.78 is 8.10. The molecule has 6 heteroatoms. The minimum absolute atomic E-state index is 0.195. The van der Waals surface area contributed by atoms with Crippen LogP contribution in [0.2, 0.25) is 0 Å². The zero-order valence-corrected chi connectivity index (χ0v) is 18.3. The number of aromatic nitrogens is 1. The number of hydrogen-bond donors (Lipinski definition) is 1. The van der Waals surface area contributed by atoms with Crippen molar-refractivity contribution >= 4 is 32.8 Å². The molecule has 1 aliphatic heterocycles. The van der Waals surface area contributed by atoms with Crippen LogP contribution in [0.4, 0.5) is 0 Å². The lowest BCUT2D eigenvalue weighted by Gasteiger charge is -2.18. The molecule has 1 fully saturated rings. The van der Waals surface area contributed by atoms with Crippen LogP contribution in [0.3, 0.4) is 0 Å². The molecule has 0 spiro atoms. The maximum absolute atomic E-state index is 13.0. The zero-order valence-electron chi connectivity index (χ0n) is 16.7. The Labute approximate surface area is 179 Å². The SMILES string of the molecule is CCOC(=O)c1c(C)n(-c2ccccc2)c2cc(Br)c(O)c(CN3CCCC3)c12. The standard InChI is InChI=1S/C23H25BrN2O3/c1-3-29-23(28)20-15(2)26(16-9-5-4-6-10-16)19-13-18(24)22(27)17(21(19)20)14-25-11-7-8-12-25/h4-6,9-10,13,27H,3,7-8,11-12,14H2,1-2H3. The molecule has 1 aliphatic rings. The largest absolute Gasteiger partial charge is 0.506 e. The molecule has 2 heterocycles. The van der Waals surface area contributed by atoms with Crippen molar-refractivity contribution in [2.24, 2.45) is 0 Å². The number of halogens is 1. The van der Waals surface area contributed by atoms with Crippen molar-refractivity contribution < 1.29 is 14.6 Å². The Morgan fingerprint density at radius 2 is 1.90 bits per heavy atom. The molecule has 3 aromatic rings. The number of phenolic OH excluding ortho intramolecular Hbond substituents is 1. The van der Waals surface area contributed by atoms with Crippen LogP contribution in [0, 0.1) is 6.92 Å². The first-order valence-corrected chi connectivity index (χ1v) is 10.8. The van der Waals surface area contributed by atoms with E-state index in [0.29, 0.717) is 23.2 Å². The molecule has 0 aliphatic carbocycles. The zero-order chi connectivity index (χ0) is 20.5. The fourth-order valence-electron chi connectivity index (χ4n) is 4.29. The predicted octanol–water partition coefficient (Wildman–Crippen LogP) is 5.18. The molecule has 0 bridgehead atoms. The maximum Gasteiger partial charge on any atom is 0.340 e. The van der Waals surface area contributed by atoms with Gasteiger partial charge in [-0.1, -0.05) is 18.2 Å². The van der Waals surface area contributed by atoms with E-state index in [1.165, 1.54) is 0 Å². The normalized spacial score (nSPS) is 14.6. The average Bonchev–Trinajstić information content (AvgIpc) is 3.32. The van der Waals surface area contributed by atoms with Gasteiger partial charge in [-0.05, 0) is 73.9 Å². The van der Waals surface area contributed by atoms with E-state index < -0.39 is 0 Å². The maximum atomic E-state index is 13.0. The number of hydrogen-bond acceptors (Lipinski definition) is 4. The van der Waals surface area contributed by atoms with E-state index in [2.05, 4.69) is 25.4 Å². The van der Waals surface area contributed by atoms with Gasteiger partial charge in [0.2, 0.25) is 0 Å². The predicted molar refractivity (Wildman–Crippen MR) is 118 cm³/mol. The Morgan fingerprint density at radius 1 is 1.21 bits per heavy atom. The number of esters is 1. The van der Waals surface area contributed by atoms with E-state index in [1.54, 1.807) is 0 Å². The topological polar surface area (TPSA) is 54.7 Å². The number of nitrogens with zero attached hydrogens (tertiary/aromatic N) is 2. The van der Waals surface area contributed by atoms with Gasteiger partial charge in [-0.15, -0.1) is 0 Å². The summed E-state index contributed by atoms with van der Waals surface area (Å²) in [6.45, 7) is 6.65. The molecule has 0 unspecified atom stereocenters. The number of carbonyl (C=O) groups is 1.